The third-order valence-corrected chi connectivity index (χ3v) is 1.12. The van der Waals surface area contributed by atoms with Gasteiger partial charge in [0.2, 0.25) is 0 Å². The van der Waals surface area contributed by atoms with Crippen LogP contribution in [0.5, 0.6) is 0 Å². The minimum Gasteiger partial charge on any atom is -0.364 e. The molecule has 55 valence electrons. The van der Waals surface area contributed by atoms with Gasteiger partial charge < -0.3 is 10.5 Å². The smallest absolute Gasteiger partial charge is 0.105 e. The van der Waals surface area contributed by atoms with Crippen molar-refractivity contribution in [3.63, 3.8) is 0 Å². The van der Waals surface area contributed by atoms with E-state index in [0.29, 0.717) is 6.61 Å². The van der Waals surface area contributed by atoms with Crippen LogP contribution in [-0.2, 0) is 4.74 Å². The van der Waals surface area contributed by atoms with E-state index in [0.717, 1.165) is 19.3 Å². The largest absolute Gasteiger partial charge is 0.364 e. The van der Waals surface area contributed by atoms with E-state index >= 15 is 0 Å². The number of ether oxygens (including phenoxy) is 1. The number of unbranched alkanes of at least 4 members (excludes halogenated alkanes) is 1. The average molecular weight is 130 g/mol. The number of nitrogens with two attached hydrogens (primary N) is 1. The van der Waals surface area contributed by atoms with E-state index in [9.17, 15) is 0 Å². The normalized spacial score (nSPS) is 13.7. The summed E-state index contributed by atoms with van der Waals surface area (Å²) >= 11 is 0. The summed E-state index contributed by atoms with van der Waals surface area (Å²) in [5.74, 6) is 0. The van der Waals surface area contributed by atoms with Crippen LogP contribution in [0.3, 0.4) is 0 Å². The summed E-state index contributed by atoms with van der Waals surface area (Å²) in [6.45, 7) is 6.36. The molecule has 2 nitrogen and oxygen atoms in total. The molecule has 9 heavy (non-hydrogen) atoms. The zero-order valence-corrected chi connectivity index (χ0v) is 6.10. The first kappa shape index (κ1) is 8.92. The van der Waals surface area contributed by atoms with Crippen LogP contribution < -0.4 is 5.73 Å². The Morgan fingerprint density at radius 1 is 1.67 bits per heavy atom. The molecule has 2 heteroatoms. The first-order valence-electron chi connectivity index (χ1n) is 3.47. The van der Waals surface area contributed by atoms with Crippen LogP contribution in [0.2, 0.25) is 0 Å². The number of hydrogen-bond donors (Lipinski definition) is 1. The van der Waals surface area contributed by atoms with E-state index < -0.39 is 0 Å². The zero-order chi connectivity index (χ0) is 7.11. The Hall–Kier alpha value is -0.0800. The van der Waals surface area contributed by atoms with Crippen LogP contribution in [0, 0.1) is 6.92 Å². The number of rotatable bonds is 5. The Balaban J connectivity index is 2.95. The maximum absolute atomic E-state index is 5.52. The highest BCUT2D eigenvalue weighted by Gasteiger charge is 1.97. The molecule has 0 saturated carbocycles. The Morgan fingerprint density at radius 3 is 2.78 bits per heavy atom. The van der Waals surface area contributed by atoms with E-state index in [2.05, 4.69) is 6.92 Å². The molecule has 0 saturated heterocycles. The van der Waals surface area contributed by atoms with E-state index in [1.165, 1.54) is 0 Å². The predicted molar refractivity (Wildman–Crippen MR) is 38.8 cm³/mol. The molecule has 1 radical (unpaired) electrons. The first-order chi connectivity index (χ1) is 4.31. The fourth-order valence-corrected chi connectivity index (χ4v) is 0.643. The Bertz CT molecular complexity index is 56.9. The van der Waals surface area contributed by atoms with Crippen molar-refractivity contribution in [1.82, 2.24) is 0 Å². The lowest BCUT2D eigenvalue weighted by Gasteiger charge is -2.09. The van der Waals surface area contributed by atoms with Gasteiger partial charge in [0.1, 0.15) is 6.23 Å². The van der Waals surface area contributed by atoms with Gasteiger partial charge in [-0.3, -0.25) is 0 Å². The molecule has 0 heterocycles. The van der Waals surface area contributed by atoms with Gasteiger partial charge in [-0.1, -0.05) is 13.3 Å². The minimum atomic E-state index is -0.0725. The second-order valence-corrected chi connectivity index (χ2v) is 1.99. The van der Waals surface area contributed by atoms with Gasteiger partial charge in [0.25, 0.3) is 0 Å². The molecule has 0 aliphatic carbocycles. The van der Waals surface area contributed by atoms with Gasteiger partial charge in [-0.15, -0.1) is 0 Å². The Labute approximate surface area is 57.4 Å². The molecule has 0 aromatic heterocycles. The topological polar surface area (TPSA) is 35.2 Å². The lowest BCUT2D eigenvalue weighted by Crippen LogP contribution is -2.23. The lowest BCUT2D eigenvalue weighted by molar-refractivity contribution is 0.0604. The molecule has 0 aliphatic rings. The molecule has 0 aromatic carbocycles. The van der Waals surface area contributed by atoms with Crippen molar-refractivity contribution in [2.45, 2.75) is 32.4 Å². The van der Waals surface area contributed by atoms with Crippen molar-refractivity contribution in [2.75, 3.05) is 6.61 Å². The van der Waals surface area contributed by atoms with Crippen LogP contribution in [0.1, 0.15) is 26.2 Å². The number of hydrogen-bond acceptors (Lipinski definition) is 2. The van der Waals surface area contributed by atoms with Gasteiger partial charge in [0, 0.05) is 6.61 Å². The summed E-state index contributed by atoms with van der Waals surface area (Å²) in [6.07, 6.45) is 2.86. The highest BCUT2D eigenvalue weighted by atomic mass is 16.5. The molecule has 0 fully saturated rings. The zero-order valence-electron chi connectivity index (χ0n) is 6.10. The maximum atomic E-state index is 5.52. The second-order valence-electron chi connectivity index (χ2n) is 1.99. The van der Waals surface area contributed by atoms with Gasteiger partial charge in [0.15, 0.2) is 0 Å². The molecular weight excluding hydrogens is 114 g/mol. The summed E-state index contributed by atoms with van der Waals surface area (Å²) in [7, 11) is 0. The van der Waals surface area contributed by atoms with Gasteiger partial charge in [0.05, 0.1) is 0 Å². The van der Waals surface area contributed by atoms with E-state index in [-0.39, 0.29) is 6.23 Å². The van der Waals surface area contributed by atoms with Crippen molar-refractivity contribution in [3.8, 4) is 0 Å². The van der Waals surface area contributed by atoms with Gasteiger partial charge in [-0.05, 0) is 19.8 Å². The van der Waals surface area contributed by atoms with Crippen molar-refractivity contribution in [2.24, 2.45) is 5.73 Å². The molecule has 0 spiro atoms. The Kier molecular flexibility index (Phi) is 5.99. The molecule has 0 bridgehead atoms. The molecule has 0 rings (SSSR count). The van der Waals surface area contributed by atoms with Crippen LogP contribution in [0.25, 0.3) is 0 Å². The van der Waals surface area contributed by atoms with E-state index in [4.69, 9.17) is 10.5 Å². The average Bonchev–Trinajstić information content (AvgIpc) is 1.85. The monoisotopic (exact) mass is 130 g/mol. The summed E-state index contributed by atoms with van der Waals surface area (Å²) in [6, 6.07) is 0. The minimum absolute atomic E-state index is 0.0725. The standard InChI is InChI=1S/C7H16NO/c1-3-5-6-7(8)9-4-2/h7H,1,3-6,8H2,2H3. The van der Waals surface area contributed by atoms with Gasteiger partial charge in [-0.2, -0.15) is 0 Å². The third-order valence-electron chi connectivity index (χ3n) is 1.12. The molecule has 1 unspecified atom stereocenters. The lowest BCUT2D eigenvalue weighted by atomic mass is 10.2. The SMILES string of the molecule is [CH2]CCCC(N)OCC. The van der Waals surface area contributed by atoms with Crippen LogP contribution in [0.4, 0.5) is 0 Å². The van der Waals surface area contributed by atoms with Crippen molar-refractivity contribution >= 4 is 0 Å². The third kappa shape index (κ3) is 5.80. The molecule has 0 amide bonds. The first-order valence-corrected chi connectivity index (χ1v) is 3.47. The second kappa shape index (κ2) is 6.05. The summed E-state index contributed by atoms with van der Waals surface area (Å²) < 4.78 is 5.09. The predicted octanol–water partition coefficient (Wildman–Crippen LogP) is 1.31. The van der Waals surface area contributed by atoms with Crippen LogP contribution in [-0.4, -0.2) is 12.8 Å². The quantitative estimate of drug-likeness (QED) is 0.569. The Morgan fingerprint density at radius 2 is 2.33 bits per heavy atom. The van der Waals surface area contributed by atoms with Crippen molar-refractivity contribution < 1.29 is 4.74 Å². The fourth-order valence-electron chi connectivity index (χ4n) is 0.643. The molecular formula is C7H16NO. The van der Waals surface area contributed by atoms with Crippen LogP contribution >= 0.6 is 0 Å². The van der Waals surface area contributed by atoms with Crippen molar-refractivity contribution in [1.29, 1.82) is 0 Å². The molecule has 0 aliphatic heterocycles. The van der Waals surface area contributed by atoms with Gasteiger partial charge in [-0.25, -0.2) is 0 Å². The van der Waals surface area contributed by atoms with E-state index in [1.54, 1.807) is 0 Å². The fraction of sp³-hybridized carbons (Fsp3) is 0.857. The van der Waals surface area contributed by atoms with Gasteiger partial charge >= 0.3 is 0 Å². The molecule has 1 atom stereocenters. The molecule has 0 aromatic rings. The summed E-state index contributed by atoms with van der Waals surface area (Å²) in [4.78, 5) is 0. The highest BCUT2D eigenvalue weighted by Crippen LogP contribution is 1.97. The highest BCUT2D eigenvalue weighted by molar-refractivity contribution is 4.49. The van der Waals surface area contributed by atoms with Crippen molar-refractivity contribution in [3.05, 3.63) is 6.92 Å². The van der Waals surface area contributed by atoms with Crippen LogP contribution in [0.15, 0.2) is 0 Å². The summed E-state index contributed by atoms with van der Waals surface area (Å²) in [5.41, 5.74) is 5.52. The summed E-state index contributed by atoms with van der Waals surface area (Å²) in [5, 5.41) is 0. The molecule has 2 N–H and O–H groups in total. The maximum Gasteiger partial charge on any atom is 0.105 e. The van der Waals surface area contributed by atoms with E-state index in [1.807, 2.05) is 6.92 Å².